The van der Waals surface area contributed by atoms with Crippen LogP contribution >= 0.6 is 0 Å². The van der Waals surface area contributed by atoms with Crippen LogP contribution in [0, 0.1) is 11.3 Å². The minimum atomic E-state index is -0.0694. The molecule has 0 unspecified atom stereocenters. The Bertz CT molecular complexity index is 441. The van der Waals surface area contributed by atoms with Crippen LogP contribution in [0.1, 0.15) is 40.0 Å². The lowest BCUT2D eigenvalue weighted by Crippen LogP contribution is -2.36. The largest absolute Gasteiger partial charge is 0.324 e. The molecule has 1 aromatic heterocycles. The van der Waals surface area contributed by atoms with Crippen LogP contribution in [0.5, 0.6) is 0 Å². The summed E-state index contributed by atoms with van der Waals surface area (Å²) in [5, 5.41) is 10.5. The molecule has 2 heterocycles. The van der Waals surface area contributed by atoms with Gasteiger partial charge < -0.3 is 4.90 Å². The number of hydrogen-bond acceptors (Lipinski definition) is 3. The van der Waals surface area contributed by atoms with Crippen LogP contribution in [0.2, 0.25) is 0 Å². The minimum absolute atomic E-state index is 0.0694. The van der Waals surface area contributed by atoms with Gasteiger partial charge >= 0.3 is 6.03 Å². The standard InChI is InChI=1S/C15H24N4O/c1-15(2,3)12-6-5-10-19(11-8-12)14(20)17-13-7-4-9-16-18-13/h4,7,9,12H,5-6,8,10-11H2,1-3H3,(H,17,18,20)/t12-/m1/s1. The van der Waals surface area contributed by atoms with E-state index in [1.165, 1.54) is 6.42 Å². The summed E-state index contributed by atoms with van der Waals surface area (Å²) >= 11 is 0. The Morgan fingerprint density at radius 3 is 2.80 bits per heavy atom. The molecule has 1 saturated heterocycles. The summed E-state index contributed by atoms with van der Waals surface area (Å²) in [5.74, 6) is 1.19. The number of amides is 2. The number of hydrogen-bond donors (Lipinski definition) is 1. The van der Waals surface area contributed by atoms with Crippen LogP contribution in [-0.4, -0.2) is 34.2 Å². The van der Waals surface area contributed by atoms with Crippen molar-refractivity contribution in [2.24, 2.45) is 11.3 Å². The monoisotopic (exact) mass is 276 g/mol. The van der Waals surface area contributed by atoms with Crippen LogP contribution < -0.4 is 5.32 Å². The highest BCUT2D eigenvalue weighted by Gasteiger charge is 2.28. The molecule has 2 rings (SSSR count). The predicted molar refractivity (Wildman–Crippen MR) is 79.4 cm³/mol. The second kappa shape index (κ2) is 6.20. The van der Waals surface area contributed by atoms with Crippen molar-refractivity contribution in [2.45, 2.75) is 40.0 Å². The van der Waals surface area contributed by atoms with E-state index in [4.69, 9.17) is 0 Å². The Labute approximate surface area is 120 Å². The number of nitrogens with zero attached hydrogens (tertiary/aromatic N) is 3. The van der Waals surface area contributed by atoms with Gasteiger partial charge in [0.25, 0.3) is 0 Å². The molecule has 1 aromatic rings. The Morgan fingerprint density at radius 2 is 2.15 bits per heavy atom. The molecular formula is C15H24N4O. The SMILES string of the molecule is CC(C)(C)[C@@H]1CCCN(C(=O)Nc2cccnn2)CC1. The lowest BCUT2D eigenvalue weighted by molar-refractivity contribution is 0.200. The van der Waals surface area contributed by atoms with Gasteiger partial charge in [-0.2, -0.15) is 5.10 Å². The second-order valence-electron chi connectivity index (χ2n) is 6.52. The zero-order valence-electron chi connectivity index (χ0n) is 12.6. The third kappa shape index (κ3) is 3.92. The lowest BCUT2D eigenvalue weighted by Gasteiger charge is -2.29. The molecular weight excluding hydrogens is 252 g/mol. The first-order valence-electron chi connectivity index (χ1n) is 7.30. The van der Waals surface area contributed by atoms with E-state index in [-0.39, 0.29) is 6.03 Å². The maximum atomic E-state index is 12.2. The van der Waals surface area contributed by atoms with Crippen molar-refractivity contribution in [1.29, 1.82) is 0 Å². The van der Waals surface area contributed by atoms with Gasteiger partial charge in [-0.05, 0) is 42.7 Å². The molecule has 1 fully saturated rings. The van der Waals surface area contributed by atoms with Crippen molar-refractivity contribution in [2.75, 3.05) is 18.4 Å². The topological polar surface area (TPSA) is 58.1 Å². The van der Waals surface area contributed by atoms with E-state index in [1.54, 1.807) is 18.3 Å². The van der Waals surface area contributed by atoms with Crippen LogP contribution in [-0.2, 0) is 0 Å². The Kier molecular flexibility index (Phi) is 4.57. The van der Waals surface area contributed by atoms with E-state index in [2.05, 4.69) is 36.3 Å². The average Bonchev–Trinajstić information content (AvgIpc) is 2.65. The highest BCUT2D eigenvalue weighted by molar-refractivity contribution is 5.88. The molecule has 1 aliphatic heterocycles. The molecule has 5 heteroatoms. The molecule has 0 aromatic carbocycles. The van der Waals surface area contributed by atoms with Crippen molar-refractivity contribution < 1.29 is 4.79 Å². The Balaban J connectivity index is 1.92. The van der Waals surface area contributed by atoms with Crippen LogP contribution in [0.15, 0.2) is 18.3 Å². The maximum absolute atomic E-state index is 12.2. The zero-order valence-corrected chi connectivity index (χ0v) is 12.6. The first-order chi connectivity index (χ1) is 9.47. The van der Waals surface area contributed by atoms with Crippen LogP contribution in [0.25, 0.3) is 0 Å². The molecule has 0 aliphatic carbocycles. The van der Waals surface area contributed by atoms with Gasteiger partial charge in [-0.1, -0.05) is 20.8 Å². The highest BCUT2D eigenvalue weighted by Crippen LogP contribution is 2.34. The normalized spacial score (nSPS) is 20.4. The molecule has 0 saturated carbocycles. The minimum Gasteiger partial charge on any atom is -0.324 e. The zero-order chi connectivity index (χ0) is 14.6. The lowest BCUT2D eigenvalue weighted by atomic mass is 9.77. The number of carbonyl (C=O) groups is 1. The molecule has 20 heavy (non-hydrogen) atoms. The van der Waals surface area contributed by atoms with E-state index in [0.717, 1.165) is 25.9 Å². The van der Waals surface area contributed by atoms with E-state index in [1.807, 2.05) is 4.90 Å². The fourth-order valence-corrected chi connectivity index (χ4v) is 2.72. The first-order valence-corrected chi connectivity index (χ1v) is 7.30. The molecule has 5 nitrogen and oxygen atoms in total. The maximum Gasteiger partial charge on any atom is 0.323 e. The van der Waals surface area contributed by atoms with E-state index in [0.29, 0.717) is 17.2 Å². The number of nitrogens with one attached hydrogen (secondary N) is 1. The van der Waals surface area contributed by atoms with Gasteiger partial charge in [-0.3, -0.25) is 5.32 Å². The number of carbonyl (C=O) groups excluding carboxylic acids is 1. The number of anilines is 1. The number of urea groups is 1. The van der Waals surface area contributed by atoms with Gasteiger partial charge in [-0.15, -0.1) is 5.10 Å². The molecule has 0 spiro atoms. The van der Waals surface area contributed by atoms with E-state index >= 15 is 0 Å². The quantitative estimate of drug-likeness (QED) is 0.857. The van der Waals surface area contributed by atoms with Gasteiger partial charge in [0.05, 0.1) is 0 Å². The summed E-state index contributed by atoms with van der Waals surface area (Å²) in [5.41, 5.74) is 0.317. The van der Waals surface area contributed by atoms with Crippen molar-refractivity contribution in [3.8, 4) is 0 Å². The number of rotatable bonds is 1. The Morgan fingerprint density at radius 1 is 1.35 bits per heavy atom. The van der Waals surface area contributed by atoms with Gasteiger partial charge in [0, 0.05) is 19.3 Å². The molecule has 0 bridgehead atoms. The molecule has 1 aliphatic rings. The van der Waals surface area contributed by atoms with Crippen molar-refractivity contribution >= 4 is 11.8 Å². The average molecular weight is 276 g/mol. The van der Waals surface area contributed by atoms with Crippen LogP contribution in [0.4, 0.5) is 10.6 Å². The highest BCUT2D eigenvalue weighted by atomic mass is 16.2. The summed E-state index contributed by atoms with van der Waals surface area (Å²) in [6, 6.07) is 3.45. The third-order valence-corrected chi connectivity index (χ3v) is 4.05. The van der Waals surface area contributed by atoms with Crippen LogP contribution in [0.3, 0.4) is 0 Å². The molecule has 2 amide bonds. The van der Waals surface area contributed by atoms with E-state index in [9.17, 15) is 4.79 Å². The summed E-state index contributed by atoms with van der Waals surface area (Å²) in [4.78, 5) is 14.1. The number of aromatic nitrogens is 2. The van der Waals surface area contributed by atoms with E-state index < -0.39 is 0 Å². The number of likely N-dealkylation sites (tertiary alicyclic amines) is 1. The fourth-order valence-electron chi connectivity index (χ4n) is 2.72. The third-order valence-electron chi connectivity index (χ3n) is 4.05. The summed E-state index contributed by atoms with van der Waals surface area (Å²) in [6.45, 7) is 8.49. The molecule has 1 atom stereocenters. The predicted octanol–water partition coefficient (Wildman–Crippen LogP) is 3.16. The van der Waals surface area contributed by atoms with Gasteiger partial charge in [0.1, 0.15) is 0 Å². The molecule has 110 valence electrons. The first kappa shape index (κ1) is 14.8. The van der Waals surface area contributed by atoms with Crippen molar-refractivity contribution in [3.05, 3.63) is 18.3 Å². The van der Waals surface area contributed by atoms with Crippen molar-refractivity contribution in [1.82, 2.24) is 15.1 Å². The van der Waals surface area contributed by atoms with Gasteiger partial charge in [-0.25, -0.2) is 4.79 Å². The summed E-state index contributed by atoms with van der Waals surface area (Å²) < 4.78 is 0. The second-order valence-corrected chi connectivity index (χ2v) is 6.52. The van der Waals surface area contributed by atoms with Gasteiger partial charge in [0.15, 0.2) is 5.82 Å². The summed E-state index contributed by atoms with van der Waals surface area (Å²) in [6.07, 6.45) is 4.92. The fraction of sp³-hybridized carbons (Fsp3) is 0.667. The Hall–Kier alpha value is -1.65. The molecule has 0 radical (unpaired) electrons. The molecule has 1 N–H and O–H groups in total. The summed E-state index contributed by atoms with van der Waals surface area (Å²) in [7, 11) is 0. The van der Waals surface area contributed by atoms with Crippen molar-refractivity contribution in [3.63, 3.8) is 0 Å². The smallest absolute Gasteiger partial charge is 0.323 e. The van der Waals surface area contributed by atoms with Gasteiger partial charge in [0.2, 0.25) is 0 Å².